The molecule has 9 heteroatoms. The number of imidazole rings is 1. The molecule has 0 radical (unpaired) electrons. The van der Waals surface area contributed by atoms with Gasteiger partial charge >= 0.3 is 5.69 Å². The van der Waals surface area contributed by atoms with E-state index in [0.29, 0.717) is 23.8 Å². The van der Waals surface area contributed by atoms with E-state index in [1.165, 1.54) is 9.13 Å². The highest BCUT2D eigenvalue weighted by molar-refractivity contribution is 5.85. The van der Waals surface area contributed by atoms with Crippen molar-refractivity contribution < 1.29 is 0 Å². The zero-order valence-electron chi connectivity index (χ0n) is 17.5. The van der Waals surface area contributed by atoms with E-state index < -0.39 is 11.2 Å². The first-order valence-electron chi connectivity index (χ1n) is 9.79. The quantitative estimate of drug-likeness (QED) is 0.512. The van der Waals surface area contributed by atoms with Crippen molar-refractivity contribution in [2.45, 2.75) is 26.4 Å². The van der Waals surface area contributed by atoms with Crippen LogP contribution in [0.5, 0.6) is 0 Å². The van der Waals surface area contributed by atoms with Crippen LogP contribution in [0.25, 0.3) is 21.9 Å². The Hall–Kier alpha value is -3.46. The Morgan fingerprint density at radius 2 is 1.97 bits per heavy atom. The summed E-state index contributed by atoms with van der Waals surface area (Å²) in [5.41, 5.74) is 6.98. The normalized spacial score (nSPS) is 12.6. The molecule has 0 aliphatic carbocycles. The molecular formula is C21H25N7O2. The molecule has 0 amide bonds. The molecule has 1 atom stereocenters. The van der Waals surface area contributed by atoms with E-state index in [9.17, 15) is 9.59 Å². The standard InChI is InChI=1S/C21H25N7O2/c1-12-9-14-7-5-6-8-15(14)16(23-12)11-28-19(29)17-18(27(4)21(28)30)25-20(24-17)26(3)13(2)10-22/h5-9,13H,10-11,22H2,1-4H3,(H,24,25)/t13-/m0/s1. The van der Waals surface area contributed by atoms with Crippen LogP contribution in [-0.4, -0.2) is 43.7 Å². The highest BCUT2D eigenvalue weighted by Crippen LogP contribution is 2.19. The average molecular weight is 407 g/mol. The van der Waals surface area contributed by atoms with Crippen LogP contribution in [0, 0.1) is 6.92 Å². The van der Waals surface area contributed by atoms with Gasteiger partial charge in [0.05, 0.1) is 12.2 Å². The molecule has 0 saturated carbocycles. The monoisotopic (exact) mass is 407 g/mol. The predicted molar refractivity (Wildman–Crippen MR) is 118 cm³/mol. The smallest absolute Gasteiger partial charge is 0.332 e. The van der Waals surface area contributed by atoms with E-state index in [-0.39, 0.29) is 18.1 Å². The second-order valence-electron chi connectivity index (χ2n) is 7.62. The molecule has 0 bridgehead atoms. The van der Waals surface area contributed by atoms with Gasteiger partial charge in [0.25, 0.3) is 5.56 Å². The Balaban J connectivity index is 1.89. The van der Waals surface area contributed by atoms with E-state index in [4.69, 9.17) is 5.73 Å². The van der Waals surface area contributed by atoms with Crippen LogP contribution >= 0.6 is 0 Å². The highest BCUT2D eigenvalue weighted by atomic mass is 16.2. The summed E-state index contributed by atoms with van der Waals surface area (Å²) in [6.07, 6.45) is 0. The van der Waals surface area contributed by atoms with Gasteiger partial charge in [0, 0.05) is 37.8 Å². The van der Waals surface area contributed by atoms with Gasteiger partial charge in [-0.05, 0) is 25.3 Å². The van der Waals surface area contributed by atoms with E-state index >= 15 is 0 Å². The van der Waals surface area contributed by atoms with Gasteiger partial charge in [-0.2, -0.15) is 4.98 Å². The number of nitrogens with zero attached hydrogens (tertiary/aromatic N) is 5. The fraction of sp³-hybridized carbons (Fsp3) is 0.333. The van der Waals surface area contributed by atoms with E-state index in [1.807, 2.05) is 56.1 Å². The number of hydrogen-bond donors (Lipinski definition) is 2. The van der Waals surface area contributed by atoms with E-state index in [2.05, 4.69) is 15.0 Å². The summed E-state index contributed by atoms with van der Waals surface area (Å²) >= 11 is 0. The maximum absolute atomic E-state index is 13.2. The maximum atomic E-state index is 13.2. The van der Waals surface area contributed by atoms with Gasteiger partial charge < -0.3 is 15.6 Å². The lowest BCUT2D eigenvalue weighted by Crippen LogP contribution is -2.39. The minimum absolute atomic E-state index is 0.0210. The molecule has 0 unspecified atom stereocenters. The number of benzene rings is 1. The zero-order chi connectivity index (χ0) is 21.6. The van der Waals surface area contributed by atoms with Gasteiger partial charge in [0.15, 0.2) is 11.2 Å². The number of aromatic amines is 1. The summed E-state index contributed by atoms with van der Waals surface area (Å²) in [6.45, 7) is 4.37. The van der Waals surface area contributed by atoms with Crippen molar-refractivity contribution in [2.75, 3.05) is 18.5 Å². The number of fused-ring (bicyclic) bond motifs is 2. The minimum atomic E-state index is -0.438. The second kappa shape index (κ2) is 7.42. The van der Waals surface area contributed by atoms with Gasteiger partial charge in [0.1, 0.15) is 0 Å². The molecule has 0 spiro atoms. The number of hydrogen-bond acceptors (Lipinski definition) is 6. The first-order valence-corrected chi connectivity index (χ1v) is 9.79. The molecule has 0 aliphatic rings. The molecule has 30 heavy (non-hydrogen) atoms. The number of nitrogens with two attached hydrogens (primary N) is 1. The number of aromatic nitrogens is 5. The van der Waals surface area contributed by atoms with Crippen LogP contribution in [0.2, 0.25) is 0 Å². The Kier molecular flexibility index (Phi) is 4.90. The van der Waals surface area contributed by atoms with Gasteiger partial charge in [-0.3, -0.25) is 18.9 Å². The number of likely N-dealkylation sites (N-methyl/N-ethyl adjacent to an activating group) is 1. The molecule has 3 heterocycles. The summed E-state index contributed by atoms with van der Waals surface area (Å²) in [5.74, 6) is 0.493. The molecule has 156 valence electrons. The first-order chi connectivity index (χ1) is 14.3. The summed E-state index contributed by atoms with van der Waals surface area (Å²) < 4.78 is 2.58. The third-order valence-corrected chi connectivity index (χ3v) is 5.56. The van der Waals surface area contributed by atoms with Crippen molar-refractivity contribution in [3.8, 4) is 0 Å². The fourth-order valence-electron chi connectivity index (χ4n) is 3.60. The molecule has 9 nitrogen and oxygen atoms in total. The largest absolute Gasteiger partial charge is 0.341 e. The molecule has 1 aromatic carbocycles. The first kappa shape index (κ1) is 19.8. The number of pyridine rings is 1. The van der Waals surface area contributed by atoms with Crippen LogP contribution in [0.15, 0.2) is 39.9 Å². The average Bonchev–Trinajstić information content (AvgIpc) is 3.19. The molecule has 4 aromatic rings. The zero-order valence-corrected chi connectivity index (χ0v) is 17.5. The predicted octanol–water partition coefficient (Wildman–Crippen LogP) is 1.11. The van der Waals surface area contributed by atoms with E-state index in [1.54, 1.807) is 7.05 Å². The van der Waals surface area contributed by atoms with Crippen molar-refractivity contribution in [1.29, 1.82) is 0 Å². The van der Waals surface area contributed by atoms with Gasteiger partial charge in [-0.1, -0.05) is 24.3 Å². The topological polar surface area (TPSA) is 115 Å². The summed E-state index contributed by atoms with van der Waals surface area (Å²) in [7, 11) is 3.45. The second-order valence-corrected chi connectivity index (χ2v) is 7.62. The van der Waals surface area contributed by atoms with Crippen molar-refractivity contribution in [2.24, 2.45) is 12.8 Å². The fourth-order valence-corrected chi connectivity index (χ4v) is 3.60. The number of rotatable bonds is 5. The number of anilines is 1. The molecule has 3 aromatic heterocycles. The van der Waals surface area contributed by atoms with Crippen molar-refractivity contribution in [3.63, 3.8) is 0 Å². The third kappa shape index (κ3) is 3.17. The van der Waals surface area contributed by atoms with Crippen molar-refractivity contribution in [1.82, 2.24) is 24.1 Å². The molecule has 3 N–H and O–H groups in total. The lowest BCUT2D eigenvalue weighted by Gasteiger charge is -2.22. The van der Waals surface area contributed by atoms with Crippen LogP contribution in [0.4, 0.5) is 5.95 Å². The molecule has 0 saturated heterocycles. The summed E-state index contributed by atoms with van der Waals surface area (Å²) in [5, 5.41) is 1.94. The van der Waals surface area contributed by atoms with Gasteiger partial charge in [-0.15, -0.1) is 0 Å². The van der Waals surface area contributed by atoms with Crippen LogP contribution < -0.4 is 21.9 Å². The summed E-state index contributed by atoms with van der Waals surface area (Å²) in [4.78, 5) is 40.2. The Labute approximate surface area is 172 Å². The number of nitrogens with one attached hydrogen (secondary N) is 1. The highest BCUT2D eigenvalue weighted by Gasteiger charge is 2.19. The van der Waals surface area contributed by atoms with Crippen LogP contribution in [0.3, 0.4) is 0 Å². The van der Waals surface area contributed by atoms with Crippen molar-refractivity contribution in [3.05, 3.63) is 62.6 Å². The Bertz CT molecular complexity index is 1370. The molecule has 0 fully saturated rings. The lowest BCUT2D eigenvalue weighted by molar-refractivity contribution is 0.649. The summed E-state index contributed by atoms with van der Waals surface area (Å²) in [6, 6.07) is 9.82. The molecular weight excluding hydrogens is 382 g/mol. The maximum Gasteiger partial charge on any atom is 0.332 e. The van der Waals surface area contributed by atoms with Crippen molar-refractivity contribution >= 4 is 27.9 Å². The minimum Gasteiger partial charge on any atom is -0.341 e. The SMILES string of the molecule is Cc1cc2ccccc2c(Cn2c(=O)c3[nH]c(N(C)[C@@H](C)CN)nc3n(C)c2=O)n1. The molecule has 0 aliphatic heterocycles. The van der Waals surface area contributed by atoms with Gasteiger partial charge in [-0.25, -0.2) is 4.79 Å². The number of aryl methyl sites for hydroxylation is 2. The van der Waals surface area contributed by atoms with Crippen LogP contribution in [-0.2, 0) is 13.6 Å². The number of H-pyrrole nitrogens is 1. The Morgan fingerprint density at radius 1 is 1.23 bits per heavy atom. The third-order valence-electron chi connectivity index (χ3n) is 5.56. The Morgan fingerprint density at radius 3 is 2.70 bits per heavy atom. The van der Waals surface area contributed by atoms with Crippen LogP contribution in [0.1, 0.15) is 18.3 Å². The molecule has 4 rings (SSSR count). The van der Waals surface area contributed by atoms with E-state index in [0.717, 1.165) is 16.5 Å². The lowest BCUT2D eigenvalue weighted by atomic mass is 10.1. The van der Waals surface area contributed by atoms with Gasteiger partial charge in [0.2, 0.25) is 5.95 Å².